The number of piperidine rings is 2. The van der Waals surface area contributed by atoms with E-state index in [4.69, 9.17) is 0 Å². The molecule has 1 spiro atoms. The molecule has 1 aromatic rings. The zero-order chi connectivity index (χ0) is 18.7. The summed E-state index contributed by atoms with van der Waals surface area (Å²) in [6, 6.07) is 5.21. The highest BCUT2D eigenvalue weighted by molar-refractivity contribution is 5.97. The van der Waals surface area contributed by atoms with Crippen LogP contribution in [0.1, 0.15) is 61.4 Å². The third-order valence-corrected chi connectivity index (χ3v) is 5.86. The third kappa shape index (κ3) is 3.87. The predicted octanol–water partition coefficient (Wildman–Crippen LogP) is 3.35. The quantitative estimate of drug-likeness (QED) is 0.898. The average molecular weight is 358 g/mol. The first-order chi connectivity index (χ1) is 12.4. The summed E-state index contributed by atoms with van der Waals surface area (Å²) in [5, 5.41) is 10.2. The number of carbonyl (C=O) groups excluding carboxylic acids is 2. The first kappa shape index (κ1) is 18.7. The van der Waals surface area contributed by atoms with Gasteiger partial charge in [0.2, 0.25) is 5.91 Å². The van der Waals surface area contributed by atoms with Crippen LogP contribution in [0.25, 0.3) is 0 Å². The molecule has 0 aromatic heterocycles. The van der Waals surface area contributed by atoms with Crippen LogP contribution in [0.3, 0.4) is 0 Å². The predicted molar refractivity (Wildman–Crippen MR) is 101 cm³/mol. The Labute approximate surface area is 156 Å². The van der Waals surface area contributed by atoms with Crippen molar-refractivity contribution in [1.29, 1.82) is 0 Å². The zero-order valence-corrected chi connectivity index (χ0v) is 16.0. The van der Waals surface area contributed by atoms with E-state index in [2.05, 4.69) is 6.92 Å². The summed E-state index contributed by atoms with van der Waals surface area (Å²) in [6.07, 6.45) is 5.57. The van der Waals surface area contributed by atoms with Crippen LogP contribution in [0.4, 0.5) is 0 Å². The zero-order valence-electron chi connectivity index (χ0n) is 16.0. The van der Waals surface area contributed by atoms with Crippen molar-refractivity contribution in [1.82, 2.24) is 9.80 Å². The van der Waals surface area contributed by atoms with Crippen molar-refractivity contribution in [3.63, 3.8) is 0 Å². The Hall–Kier alpha value is -2.04. The fraction of sp³-hybridized carbons (Fsp3) is 0.619. The first-order valence-electron chi connectivity index (χ1n) is 9.81. The number of unbranched alkanes of at least 4 members (excludes halogenated alkanes) is 1. The number of nitrogens with zero attached hydrogens (tertiary/aromatic N) is 2. The van der Waals surface area contributed by atoms with E-state index in [1.807, 2.05) is 22.8 Å². The maximum Gasteiger partial charge on any atom is 0.257 e. The van der Waals surface area contributed by atoms with Crippen LogP contribution in [-0.2, 0) is 4.79 Å². The van der Waals surface area contributed by atoms with Crippen molar-refractivity contribution < 1.29 is 14.7 Å². The van der Waals surface area contributed by atoms with E-state index in [0.29, 0.717) is 18.5 Å². The minimum Gasteiger partial charge on any atom is -0.507 e. The van der Waals surface area contributed by atoms with Gasteiger partial charge in [-0.25, -0.2) is 0 Å². The number of hydrogen-bond acceptors (Lipinski definition) is 3. The summed E-state index contributed by atoms with van der Waals surface area (Å²) in [4.78, 5) is 29.1. The van der Waals surface area contributed by atoms with Crippen LogP contribution in [0.2, 0.25) is 0 Å². The van der Waals surface area contributed by atoms with Crippen molar-refractivity contribution in [3.8, 4) is 5.75 Å². The van der Waals surface area contributed by atoms with E-state index in [0.717, 1.165) is 57.3 Å². The largest absolute Gasteiger partial charge is 0.507 e. The van der Waals surface area contributed by atoms with Crippen LogP contribution in [-0.4, -0.2) is 52.9 Å². The average Bonchev–Trinajstić information content (AvgIpc) is 2.62. The lowest BCUT2D eigenvalue weighted by molar-refractivity contribution is -0.139. The maximum atomic E-state index is 13.0. The number of aryl methyl sites for hydroxylation is 1. The summed E-state index contributed by atoms with van der Waals surface area (Å²) < 4.78 is 0. The fourth-order valence-electron chi connectivity index (χ4n) is 4.36. The Morgan fingerprint density at radius 2 is 2.08 bits per heavy atom. The molecule has 2 aliphatic heterocycles. The monoisotopic (exact) mass is 358 g/mol. The molecular formula is C21H30N2O3. The van der Waals surface area contributed by atoms with Crippen LogP contribution < -0.4 is 0 Å². The van der Waals surface area contributed by atoms with Crippen molar-refractivity contribution in [2.45, 2.75) is 52.4 Å². The SMILES string of the molecule is CCCCN1C[C@]2(CCCN(C(=O)c3ccc(C)cc3O)C2)CCC1=O. The Balaban J connectivity index is 1.74. The minimum atomic E-state index is -0.0985. The van der Waals surface area contributed by atoms with Gasteiger partial charge in [-0.05, 0) is 50.3 Å². The molecule has 142 valence electrons. The van der Waals surface area contributed by atoms with Gasteiger partial charge in [-0.3, -0.25) is 9.59 Å². The Morgan fingerprint density at radius 1 is 1.27 bits per heavy atom. The molecule has 5 nitrogen and oxygen atoms in total. The number of aromatic hydroxyl groups is 1. The molecule has 1 N–H and O–H groups in total. The summed E-state index contributed by atoms with van der Waals surface area (Å²) >= 11 is 0. The Bertz CT molecular complexity index is 688. The molecular weight excluding hydrogens is 328 g/mol. The van der Waals surface area contributed by atoms with Crippen molar-refractivity contribution in [3.05, 3.63) is 29.3 Å². The molecule has 0 unspecified atom stereocenters. The maximum absolute atomic E-state index is 13.0. The summed E-state index contributed by atoms with van der Waals surface area (Å²) in [5.74, 6) is 0.209. The second kappa shape index (κ2) is 7.68. The molecule has 2 heterocycles. The lowest BCUT2D eigenvalue weighted by atomic mass is 9.73. The molecule has 5 heteroatoms. The lowest BCUT2D eigenvalue weighted by Crippen LogP contribution is -2.55. The van der Waals surface area contributed by atoms with Crippen LogP contribution >= 0.6 is 0 Å². The van der Waals surface area contributed by atoms with E-state index in [-0.39, 0.29) is 23.0 Å². The molecule has 0 aliphatic carbocycles. The molecule has 2 fully saturated rings. The normalized spacial score (nSPS) is 23.5. The second-order valence-corrected chi connectivity index (χ2v) is 8.02. The smallest absolute Gasteiger partial charge is 0.257 e. The van der Waals surface area contributed by atoms with E-state index >= 15 is 0 Å². The molecule has 0 radical (unpaired) electrons. The summed E-state index contributed by atoms with van der Waals surface area (Å²) in [7, 11) is 0. The highest BCUT2D eigenvalue weighted by Gasteiger charge is 2.42. The van der Waals surface area contributed by atoms with Crippen molar-refractivity contribution in [2.75, 3.05) is 26.2 Å². The highest BCUT2D eigenvalue weighted by atomic mass is 16.3. The number of rotatable bonds is 4. The van der Waals surface area contributed by atoms with E-state index in [1.54, 1.807) is 12.1 Å². The van der Waals surface area contributed by atoms with Crippen LogP contribution in [0, 0.1) is 12.3 Å². The standard InChI is InChI=1S/C21H30N2O3/c1-3-4-11-22-14-21(10-8-19(22)25)9-5-12-23(15-21)20(26)17-7-6-16(2)13-18(17)24/h6-7,13,24H,3-5,8-12,14-15H2,1-2H3/t21-/m0/s1. The topological polar surface area (TPSA) is 60.9 Å². The number of benzene rings is 1. The molecule has 2 aliphatic rings. The number of likely N-dealkylation sites (tertiary alicyclic amines) is 2. The van der Waals surface area contributed by atoms with Crippen molar-refractivity contribution in [2.24, 2.45) is 5.41 Å². The van der Waals surface area contributed by atoms with Gasteiger partial charge in [0, 0.05) is 38.0 Å². The highest BCUT2D eigenvalue weighted by Crippen LogP contribution is 2.39. The van der Waals surface area contributed by atoms with Gasteiger partial charge in [0.1, 0.15) is 5.75 Å². The Morgan fingerprint density at radius 3 is 2.81 bits per heavy atom. The van der Waals surface area contributed by atoms with E-state index in [1.165, 1.54) is 0 Å². The summed E-state index contributed by atoms with van der Waals surface area (Å²) in [5.41, 5.74) is 1.32. The number of carbonyl (C=O) groups is 2. The molecule has 26 heavy (non-hydrogen) atoms. The van der Waals surface area contributed by atoms with Gasteiger partial charge in [0.05, 0.1) is 5.56 Å². The Kier molecular flexibility index (Phi) is 5.54. The molecule has 1 atom stereocenters. The number of amides is 2. The molecule has 2 saturated heterocycles. The number of hydrogen-bond donors (Lipinski definition) is 1. The van der Waals surface area contributed by atoms with E-state index < -0.39 is 0 Å². The van der Waals surface area contributed by atoms with Crippen LogP contribution in [0.15, 0.2) is 18.2 Å². The molecule has 3 rings (SSSR count). The van der Waals surface area contributed by atoms with Gasteiger partial charge < -0.3 is 14.9 Å². The molecule has 1 aromatic carbocycles. The first-order valence-corrected chi connectivity index (χ1v) is 9.81. The minimum absolute atomic E-state index is 0.00980. The third-order valence-electron chi connectivity index (χ3n) is 5.86. The molecule has 0 bridgehead atoms. The van der Waals surface area contributed by atoms with E-state index in [9.17, 15) is 14.7 Å². The molecule has 0 saturated carbocycles. The van der Waals surface area contributed by atoms with Gasteiger partial charge in [-0.1, -0.05) is 19.4 Å². The molecule has 2 amide bonds. The second-order valence-electron chi connectivity index (χ2n) is 8.02. The number of phenols is 1. The van der Waals surface area contributed by atoms with Crippen molar-refractivity contribution >= 4 is 11.8 Å². The van der Waals surface area contributed by atoms with Gasteiger partial charge in [0.25, 0.3) is 5.91 Å². The fourth-order valence-corrected chi connectivity index (χ4v) is 4.36. The van der Waals surface area contributed by atoms with Gasteiger partial charge in [-0.2, -0.15) is 0 Å². The van der Waals surface area contributed by atoms with Gasteiger partial charge >= 0.3 is 0 Å². The van der Waals surface area contributed by atoms with Crippen LogP contribution in [0.5, 0.6) is 5.75 Å². The lowest BCUT2D eigenvalue weighted by Gasteiger charge is -2.48. The van der Waals surface area contributed by atoms with Gasteiger partial charge in [0.15, 0.2) is 0 Å². The van der Waals surface area contributed by atoms with Gasteiger partial charge in [-0.15, -0.1) is 0 Å². The summed E-state index contributed by atoms with van der Waals surface area (Å²) in [6.45, 7) is 7.01. The number of phenolic OH excluding ortho intramolecular Hbond substituents is 1.